The number of nitrogens with two attached hydrogens (primary N) is 1. The van der Waals surface area contributed by atoms with Crippen LogP contribution in [0.4, 0.5) is 15.8 Å². The molecule has 0 heterocycles. The predicted molar refractivity (Wildman–Crippen MR) is 82.3 cm³/mol. The van der Waals surface area contributed by atoms with Crippen LogP contribution >= 0.6 is 15.9 Å². The number of benzene rings is 2. The van der Waals surface area contributed by atoms with Crippen molar-refractivity contribution >= 4 is 37.3 Å². The summed E-state index contributed by atoms with van der Waals surface area (Å²) < 4.78 is 45.8. The fraction of sp³-hybridized carbons (Fsp3) is 0.0769. The number of hydrogen-bond donors (Lipinski definition) is 2. The Hall–Kier alpha value is -1.80. The molecule has 0 aliphatic rings. The number of ether oxygens (including phenoxy) is 1. The molecule has 0 spiro atoms. The minimum Gasteiger partial charge on any atom is -0.497 e. The first kappa shape index (κ1) is 15.6. The molecule has 0 bridgehead atoms. The number of rotatable bonds is 4. The Morgan fingerprint density at radius 3 is 2.62 bits per heavy atom. The molecule has 0 unspecified atom stereocenters. The van der Waals surface area contributed by atoms with Gasteiger partial charge in [-0.05, 0) is 46.3 Å². The molecule has 2 aromatic carbocycles. The van der Waals surface area contributed by atoms with Gasteiger partial charge in [-0.1, -0.05) is 0 Å². The van der Waals surface area contributed by atoms with Crippen LogP contribution in [0.15, 0.2) is 45.8 Å². The average molecular weight is 375 g/mol. The molecule has 8 heteroatoms. The van der Waals surface area contributed by atoms with Crippen LogP contribution in [0, 0.1) is 5.82 Å². The monoisotopic (exact) mass is 374 g/mol. The fourth-order valence-corrected chi connectivity index (χ4v) is 3.69. The molecule has 0 saturated heterocycles. The molecule has 0 fully saturated rings. The van der Waals surface area contributed by atoms with Gasteiger partial charge in [-0.15, -0.1) is 0 Å². The van der Waals surface area contributed by atoms with Crippen molar-refractivity contribution in [3.05, 3.63) is 46.7 Å². The topological polar surface area (TPSA) is 81.4 Å². The third-order valence-electron chi connectivity index (χ3n) is 2.66. The molecule has 0 radical (unpaired) electrons. The first-order valence-electron chi connectivity index (χ1n) is 5.75. The van der Waals surface area contributed by atoms with Crippen LogP contribution in [-0.4, -0.2) is 15.5 Å². The lowest BCUT2D eigenvalue weighted by atomic mass is 10.3. The maximum atomic E-state index is 13.7. The summed E-state index contributed by atoms with van der Waals surface area (Å²) >= 11 is 3.13. The minimum absolute atomic E-state index is 0.0790. The fourth-order valence-electron chi connectivity index (χ4n) is 1.64. The van der Waals surface area contributed by atoms with Crippen LogP contribution in [0.5, 0.6) is 5.75 Å². The number of nitrogens with one attached hydrogen (secondary N) is 1. The third-order valence-corrected chi connectivity index (χ3v) is 5.02. The molecule has 5 nitrogen and oxygen atoms in total. The zero-order valence-electron chi connectivity index (χ0n) is 10.9. The van der Waals surface area contributed by atoms with Gasteiger partial charge in [0.25, 0.3) is 10.0 Å². The normalized spacial score (nSPS) is 11.2. The molecule has 0 aliphatic carbocycles. The van der Waals surface area contributed by atoms with Crippen molar-refractivity contribution in [1.29, 1.82) is 0 Å². The van der Waals surface area contributed by atoms with E-state index in [1.807, 2.05) is 0 Å². The maximum absolute atomic E-state index is 13.7. The second-order valence-electron chi connectivity index (χ2n) is 4.14. The molecular formula is C13H12BrFN2O3S. The quantitative estimate of drug-likeness (QED) is 0.806. The van der Waals surface area contributed by atoms with Gasteiger partial charge in [-0.3, -0.25) is 4.72 Å². The molecule has 2 aromatic rings. The second-order valence-corrected chi connectivity index (χ2v) is 6.65. The summed E-state index contributed by atoms with van der Waals surface area (Å²) in [6.07, 6.45) is 0. The summed E-state index contributed by atoms with van der Waals surface area (Å²) in [6, 6.07) is 8.10. The molecule has 0 aliphatic heterocycles. The number of anilines is 2. The third kappa shape index (κ3) is 3.45. The highest BCUT2D eigenvalue weighted by Crippen LogP contribution is 2.28. The van der Waals surface area contributed by atoms with E-state index in [0.717, 1.165) is 6.07 Å². The van der Waals surface area contributed by atoms with E-state index in [1.165, 1.54) is 31.4 Å². The Labute approximate surface area is 130 Å². The van der Waals surface area contributed by atoms with Gasteiger partial charge in [0.15, 0.2) is 0 Å². The van der Waals surface area contributed by atoms with Gasteiger partial charge in [-0.25, -0.2) is 12.8 Å². The van der Waals surface area contributed by atoms with Crippen LogP contribution < -0.4 is 15.2 Å². The molecular weight excluding hydrogens is 363 g/mol. The van der Waals surface area contributed by atoms with Crippen LogP contribution in [0.25, 0.3) is 0 Å². The Morgan fingerprint density at radius 2 is 1.95 bits per heavy atom. The van der Waals surface area contributed by atoms with E-state index in [9.17, 15) is 12.8 Å². The molecule has 0 amide bonds. The summed E-state index contributed by atoms with van der Waals surface area (Å²) in [7, 11) is -2.58. The molecule has 3 N–H and O–H groups in total. The van der Waals surface area contributed by atoms with E-state index >= 15 is 0 Å². The van der Waals surface area contributed by atoms with Gasteiger partial charge in [0.1, 0.15) is 16.5 Å². The van der Waals surface area contributed by atoms with E-state index in [-0.39, 0.29) is 16.3 Å². The highest BCUT2D eigenvalue weighted by molar-refractivity contribution is 9.10. The molecule has 0 saturated carbocycles. The van der Waals surface area contributed by atoms with E-state index < -0.39 is 15.8 Å². The van der Waals surface area contributed by atoms with Gasteiger partial charge in [0, 0.05) is 16.2 Å². The summed E-state index contributed by atoms with van der Waals surface area (Å²) in [4.78, 5) is -0.0790. The first-order valence-corrected chi connectivity index (χ1v) is 8.02. The Bertz CT molecular complexity index is 781. The van der Waals surface area contributed by atoms with Gasteiger partial charge in [-0.2, -0.15) is 0 Å². The van der Waals surface area contributed by atoms with Crippen LogP contribution in [0.2, 0.25) is 0 Å². The Kier molecular flexibility index (Phi) is 4.38. The van der Waals surface area contributed by atoms with Crippen LogP contribution in [0.3, 0.4) is 0 Å². The lowest BCUT2D eigenvalue weighted by Crippen LogP contribution is -2.15. The number of nitrogen functional groups attached to an aromatic ring is 1. The van der Waals surface area contributed by atoms with E-state index in [0.29, 0.717) is 10.2 Å². The molecule has 112 valence electrons. The number of methoxy groups -OCH3 is 1. The van der Waals surface area contributed by atoms with Crippen molar-refractivity contribution in [3.8, 4) is 5.75 Å². The maximum Gasteiger partial charge on any atom is 0.263 e. The SMILES string of the molecule is COc1ccc(F)c(NS(=O)(=O)c2cc(N)ccc2Br)c1. The summed E-state index contributed by atoms with van der Waals surface area (Å²) in [5.74, 6) is -0.375. The summed E-state index contributed by atoms with van der Waals surface area (Å²) in [6.45, 7) is 0. The van der Waals surface area contributed by atoms with Gasteiger partial charge < -0.3 is 10.5 Å². The van der Waals surface area contributed by atoms with Crippen LogP contribution in [0.1, 0.15) is 0 Å². The van der Waals surface area contributed by atoms with Crippen molar-refractivity contribution in [2.24, 2.45) is 0 Å². The standard InChI is InChI=1S/C13H12BrFN2O3S/c1-20-9-3-5-11(15)12(7-9)17-21(18,19)13-6-8(16)2-4-10(13)14/h2-7,17H,16H2,1H3. The average Bonchev–Trinajstić information content (AvgIpc) is 2.43. The number of halogens is 2. The van der Waals surface area contributed by atoms with Crippen molar-refractivity contribution in [2.75, 3.05) is 17.6 Å². The number of hydrogen-bond acceptors (Lipinski definition) is 4. The summed E-state index contributed by atoms with van der Waals surface area (Å²) in [5.41, 5.74) is 5.66. The number of sulfonamides is 1. The lowest BCUT2D eigenvalue weighted by Gasteiger charge is -2.12. The van der Waals surface area contributed by atoms with E-state index in [2.05, 4.69) is 20.7 Å². The van der Waals surface area contributed by atoms with Gasteiger partial charge >= 0.3 is 0 Å². The highest BCUT2D eigenvalue weighted by atomic mass is 79.9. The second kappa shape index (κ2) is 5.90. The lowest BCUT2D eigenvalue weighted by molar-refractivity contribution is 0.414. The molecule has 2 rings (SSSR count). The molecule has 21 heavy (non-hydrogen) atoms. The van der Waals surface area contributed by atoms with Gasteiger partial charge in [0.2, 0.25) is 0 Å². The molecule has 0 aromatic heterocycles. The van der Waals surface area contributed by atoms with Crippen molar-refractivity contribution in [1.82, 2.24) is 0 Å². The molecule has 0 atom stereocenters. The van der Waals surface area contributed by atoms with Crippen LogP contribution in [-0.2, 0) is 10.0 Å². The van der Waals surface area contributed by atoms with E-state index in [1.54, 1.807) is 6.07 Å². The largest absolute Gasteiger partial charge is 0.497 e. The zero-order valence-corrected chi connectivity index (χ0v) is 13.3. The van der Waals surface area contributed by atoms with Crippen molar-refractivity contribution in [3.63, 3.8) is 0 Å². The Balaban J connectivity index is 2.44. The minimum atomic E-state index is -3.99. The summed E-state index contributed by atoms with van der Waals surface area (Å²) in [5, 5.41) is 0. The predicted octanol–water partition coefficient (Wildman–Crippen LogP) is 2.98. The van der Waals surface area contributed by atoms with Crippen molar-refractivity contribution < 1.29 is 17.5 Å². The van der Waals surface area contributed by atoms with Gasteiger partial charge in [0.05, 0.1) is 12.8 Å². The Morgan fingerprint density at radius 1 is 1.24 bits per heavy atom. The zero-order chi connectivity index (χ0) is 15.6. The smallest absolute Gasteiger partial charge is 0.263 e. The highest BCUT2D eigenvalue weighted by Gasteiger charge is 2.20. The van der Waals surface area contributed by atoms with E-state index in [4.69, 9.17) is 10.5 Å². The van der Waals surface area contributed by atoms with Crippen molar-refractivity contribution in [2.45, 2.75) is 4.90 Å². The first-order chi connectivity index (χ1) is 9.83.